The van der Waals surface area contributed by atoms with Crippen LogP contribution in [0.15, 0.2) is 27.7 Å². The Labute approximate surface area is 154 Å². The predicted octanol–water partition coefficient (Wildman–Crippen LogP) is 2.34. The summed E-state index contributed by atoms with van der Waals surface area (Å²) in [5, 5.41) is 0. The molecule has 26 heavy (non-hydrogen) atoms. The van der Waals surface area contributed by atoms with Gasteiger partial charge >= 0.3 is 0 Å². The van der Waals surface area contributed by atoms with Crippen LogP contribution in [-0.2, 0) is 23.6 Å². The van der Waals surface area contributed by atoms with Gasteiger partial charge < -0.3 is 13.9 Å². The fraction of sp³-hybridized carbons (Fsp3) is 0.500. The van der Waals surface area contributed by atoms with Crippen molar-refractivity contribution in [3.8, 4) is 0 Å². The molecule has 0 atom stereocenters. The molecule has 1 amide bonds. The highest BCUT2D eigenvalue weighted by atomic mass is 32.2. The molecule has 0 spiro atoms. The van der Waals surface area contributed by atoms with Crippen molar-refractivity contribution in [2.75, 3.05) is 13.1 Å². The zero-order chi connectivity index (χ0) is 18.9. The van der Waals surface area contributed by atoms with Crippen LogP contribution >= 0.6 is 0 Å². The van der Waals surface area contributed by atoms with Crippen molar-refractivity contribution < 1.29 is 17.6 Å². The molecule has 0 aromatic carbocycles. The van der Waals surface area contributed by atoms with Gasteiger partial charge in [0.05, 0.1) is 18.4 Å². The van der Waals surface area contributed by atoms with Crippen LogP contribution in [0, 0.1) is 13.8 Å². The minimum Gasteiger partial charge on any atom is -0.468 e. The molecule has 0 aliphatic carbocycles. The smallest absolute Gasteiger partial charge is 0.257 e. The lowest BCUT2D eigenvalue weighted by atomic mass is 10.1. The molecule has 1 saturated heterocycles. The number of nitrogens with zero attached hydrogens (tertiary/aromatic N) is 2. The van der Waals surface area contributed by atoms with Crippen LogP contribution in [0.1, 0.15) is 46.8 Å². The number of hydrogen-bond donors (Lipinski definition) is 1. The average molecular weight is 379 g/mol. The molecule has 0 unspecified atom stereocenters. The monoisotopic (exact) mass is 379 g/mol. The van der Waals surface area contributed by atoms with E-state index in [1.165, 1.54) is 6.26 Å². The summed E-state index contributed by atoms with van der Waals surface area (Å²) in [6.45, 7) is 4.90. The summed E-state index contributed by atoms with van der Waals surface area (Å²) < 4.78 is 35.5. The van der Waals surface area contributed by atoms with Gasteiger partial charge in [0.2, 0.25) is 10.0 Å². The van der Waals surface area contributed by atoms with Crippen molar-refractivity contribution in [1.29, 1.82) is 0 Å². The Bertz CT molecular complexity index is 892. The van der Waals surface area contributed by atoms with E-state index in [2.05, 4.69) is 4.72 Å². The number of piperidine rings is 1. The standard InChI is InChI=1S/C18H25N3O4S/c1-13-16(18(22)21-9-5-4-6-10-21)17(14(2)20(13)3)26(23,24)19-12-15-8-7-11-25-15/h7-8,11,19H,4-6,9-10,12H2,1-3H3. The number of carbonyl (C=O) groups is 1. The minimum absolute atomic E-state index is 0.0417. The Morgan fingerprint density at radius 2 is 1.88 bits per heavy atom. The molecule has 1 aliphatic heterocycles. The van der Waals surface area contributed by atoms with Crippen molar-refractivity contribution in [1.82, 2.24) is 14.2 Å². The Hall–Kier alpha value is -2.06. The number of rotatable bonds is 5. The van der Waals surface area contributed by atoms with Crippen LogP contribution in [-0.4, -0.2) is 36.9 Å². The second kappa shape index (κ2) is 7.28. The summed E-state index contributed by atoms with van der Waals surface area (Å²) in [5.74, 6) is 0.312. The van der Waals surface area contributed by atoms with E-state index in [0.717, 1.165) is 19.3 Å². The Balaban J connectivity index is 1.97. The van der Waals surface area contributed by atoms with E-state index in [4.69, 9.17) is 4.42 Å². The summed E-state index contributed by atoms with van der Waals surface area (Å²) in [6, 6.07) is 3.40. The maximum absolute atomic E-state index is 13.1. The van der Waals surface area contributed by atoms with Gasteiger partial charge in [0.15, 0.2) is 0 Å². The van der Waals surface area contributed by atoms with Gasteiger partial charge in [0, 0.05) is 31.5 Å². The molecule has 1 aliphatic rings. The zero-order valence-corrected chi connectivity index (χ0v) is 16.2. The average Bonchev–Trinajstić information content (AvgIpc) is 3.23. The topological polar surface area (TPSA) is 84.6 Å². The quantitative estimate of drug-likeness (QED) is 0.864. The number of carbonyl (C=O) groups excluding carboxylic acids is 1. The van der Waals surface area contributed by atoms with Crippen molar-refractivity contribution in [2.24, 2.45) is 7.05 Å². The van der Waals surface area contributed by atoms with Gasteiger partial charge in [-0.3, -0.25) is 4.79 Å². The summed E-state index contributed by atoms with van der Waals surface area (Å²) in [5.41, 5.74) is 1.49. The van der Waals surface area contributed by atoms with Gasteiger partial charge in [-0.25, -0.2) is 13.1 Å². The maximum atomic E-state index is 13.1. The van der Waals surface area contributed by atoms with Crippen LogP contribution in [0.5, 0.6) is 0 Å². The number of aromatic nitrogens is 1. The lowest BCUT2D eigenvalue weighted by Crippen LogP contribution is -2.37. The summed E-state index contributed by atoms with van der Waals surface area (Å²) in [6.07, 6.45) is 4.50. The number of hydrogen-bond acceptors (Lipinski definition) is 4. The lowest BCUT2D eigenvalue weighted by molar-refractivity contribution is 0.0719. The zero-order valence-electron chi connectivity index (χ0n) is 15.4. The van der Waals surface area contributed by atoms with E-state index < -0.39 is 10.0 Å². The second-order valence-electron chi connectivity index (χ2n) is 6.69. The number of amides is 1. The van der Waals surface area contributed by atoms with Crippen LogP contribution in [0.4, 0.5) is 0 Å². The molecule has 0 bridgehead atoms. The molecule has 3 heterocycles. The van der Waals surface area contributed by atoms with Gasteiger partial charge in [-0.15, -0.1) is 0 Å². The van der Waals surface area contributed by atoms with E-state index in [1.807, 2.05) is 0 Å². The number of nitrogens with one attached hydrogen (secondary N) is 1. The van der Waals surface area contributed by atoms with Crippen molar-refractivity contribution >= 4 is 15.9 Å². The lowest BCUT2D eigenvalue weighted by Gasteiger charge is -2.27. The molecule has 0 saturated carbocycles. The van der Waals surface area contributed by atoms with Gasteiger partial charge in [-0.2, -0.15) is 0 Å². The predicted molar refractivity (Wildman–Crippen MR) is 97.4 cm³/mol. The molecule has 1 fully saturated rings. The Morgan fingerprint density at radius 1 is 1.19 bits per heavy atom. The first kappa shape index (κ1) is 18.7. The van der Waals surface area contributed by atoms with Crippen molar-refractivity contribution in [3.05, 3.63) is 41.1 Å². The summed E-state index contributed by atoms with van der Waals surface area (Å²) in [4.78, 5) is 14.9. The van der Waals surface area contributed by atoms with Gasteiger partial charge in [-0.05, 0) is 45.2 Å². The molecule has 3 rings (SSSR count). The van der Waals surface area contributed by atoms with Crippen LogP contribution in [0.3, 0.4) is 0 Å². The Kier molecular flexibility index (Phi) is 5.24. The fourth-order valence-corrected chi connectivity index (χ4v) is 4.91. The molecular weight excluding hydrogens is 354 g/mol. The van der Waals surface area contributed by atoms with Gasteiger partial charge in [0.1, 0.15) is 10.7 Å². The SMILES string of the molecule is Cc1c(C(=O)N2CCCCC2)c(S(=O)(=O)NCc2ccco2)c(C)n1C. The maximum Gasteiger partial charge on any atom is 0.257 e. The molecule has 2 aromatic rings. The number of sulfonamides is 1. The van der Waals surface area contributed by atoms with Crippen LogP contribution in [0.2, 0.25) is 0 Å². The van der Waals surface area contributed by atoms with Crippen molar-refractivity contribution in [3.63, 3.8) is 0 Å². The third-order valence-electron chi connectivity index (χ3n) is 5.07. The highest BCUT2D eigenvalue weighted by Gasteiger charge is 2.33. The summed E-state index contributed by atoms with van der Waals surface area (Å²) >= 11 is 0. The molecule has 2 aromatic heterocycles. The van der Waals surface area contributed by atoms with E-state index in [-0.39, 0.29) is 22.9 Å². The van der Waals surface area contributed by atoms with Crippen LogP contribution in [0.25, 0.3) is 0 Å². The van der Waals surface area contributed by atoms with Gasteiger partial charge in [-0.1, -0.05) is 0 Å². The highest BCUT2D eigenvalue weighted by Crippen LogP contribution is 2.28. The normalized spacial score (nSPS) is 15.4. The molecule has 8 heteroatoms. The Morgan fingerprint density at radius 3 is 2.50 bits per heavy atom. The third-order valence-corrected chi connectivity index (χ3v) is 6.63. The molecule has 142 valence electrons. The number of likely N-dealkylation sites (tertiary alicyclic amines) is 1. The third kappa shape index (κ3) is 3.43. The fourth-order valence-electron chi connectivity index (χ4n) is 3.40. The van der Waals surface area contributed by atoms with E-state index >= 15 is 0 Å². The first-order chi connectivity index (χ1) is 12.3. The number of furan rings is 1. The van der Waals surface area contributed by atoms with E-state index in [9.17, 15) is 13.2 Å². The first-order valence-electron chi connectivity index (χ1n) is 8.80. The molecule has 1 N–H and O–H groups in total. The minimum atomic E-state index is -3.86. The van der Waals surface area contributed by atoms with Crippen molar-refractivity contribution in [2.45, 2.75) is 44.6 Å². The summed E-state index contributed by atoms with van der Waals surface area (Å²) in [7, 11) is -2.08. The molecule has 7 nitrogen and oxygen atoms in total. The van der Waals surface area contributed by atoms with E-state index in [0.29, 0.717) is 30.2 Å². The van der Waals surface area contributed by atoms with Gasteiger partial charge in [0.25, 0.3) is 5.91 Å². The molecule has 0 radical (unpaired) electrons. The second-order valence-corrected chi connectivity index (χ2v) is 8.39. The largest absolute Gasteiger partial charge is 0.468 e. The first-order valence-corrected chi connectivity index (χ1v) is 10.3. The molecular formula is C18H25N3O4S. The van der Waals surface area contributed by atoms with Crippen LogP contribution < -0.4 is 4.72 Å². The van der Waals surface area contributed by atoms with E-state index in [1.54, 1.807) is 42.5 Å². The highest BCUT2D eigenvalue weighted by molar-refractivity contribution is 7.89.